The summed E-state index contributed by atoms with van der Waals surface area (Å²) in [7, 11) is 1.31. The van der Waals surface area contributed by atoms with Crippen LogP contribution in [0.1, 0.15) is 26.5 Å². The van der Waals surface area contributed by atoms with Crippen molar-refractivity contribution in [3.05, 3.63) is 53.5 Å². The fourth-order valence-corrected chi connectivity index (χ4v) is 1.59. The number of nitrogens with one attached hydrogen (secondary N) is 1. The van der Waals surface area contributed by atoms with Crippen LogP contribution in [0.5, 0.6) is 0 Å². The minimum absolute atomic E-state index is 0.211. The molecule has 1 N–H and O–H groups in total. The largest absolute Gasteiger partial charge is 0.465 e. The Balaban J connectivity index is 2.24. The molecule has 0 atom stereocenters. The quantitative estimate of drug-likeness (QED) is 0.860. The van der Waals surface area contributed by atoms with E-state index in [4.69, 9.17) is 4.42 Å². The van der Waals surface area contributed by atoms with Crippen LogP contribution in [-0.2, 0) is 4.74 Å². The van der Waals surface area contributed by atoms with E-state index in [1.807, 2.05) is 6.92 Å². The van der Waals surface area contributed by atoms with E-state index in [0.29, 0.717) is 11.3 Å². The molecule has 5 nitrogen and oxygen atoms in total. The van der Waals surface area contributed by atoms with Crippen molar-refractivity contribution < 1.29 is 18.7 Å². The molecule has 0 aliphatic heterocycles. The Morgan fingerprint density at radius 1 is 1.26 bits per heavy atom. The van der Waals surface area contributed by atoms with Gasteiger partial charge in [-0.2, -0.15) is 0 Å². The summed E-state index contributed by atoms with van der Waals surface area (Å²) in [6, 6.07) is 8.15. The standard InChI is InChI=1S/C14H13NO4/c1-9-5-6-10(14(17)18-2)8-11(9)15-13(16)12-4-3-7-19-12/h3-8H,1-2H3,(H,15,16). The van der Waals surface area contributed by atoms with Crippen LogP contribution < -0.4 is 5.32 Å². The number of rotatable bonds is 3. The zero-order valence-electron chi connectivity index (χ0n) is 10.6. The van der Waals surface area contributed by atoms with E-state index in [2.05, 4.69) is 10.1 Å². The number of carbonyl (C=O) groups excluding carboxylic acids is 2. The highest BCUT2D eigenvalue weighted by Crippen LogP contribution is 2.18. The third-order valence-corrected chi connectivity index (χ3v) is 2.65. The number of aryl methyl sites for hydroxylation is 1. The van der Waals surface area contributed by atoms with Crippen LogP contribution in [0, 0.1) is 6.92 Å². The Morgan fingerprint density at radius 3 is 2.68 bits per heavy atom. The molecule has 5 heteroatoms. The Kier molecular flexibility index (Phi) is 3.66. The fourth-order valence-electron chi connectivity index (χ4n) is 1.59. The van der Waals surface area contributed by atoms with Crippen molar-refractivity contribution in [3.8, 4) is 0 Å². The molecular formula is C14H13NO4. The maximum atomic E-state index is 11.9. The van der Waals surface area contributed by atoms with E-state index in [0.717, 1.165) is 5.56 Å². The Labute approximate surface area is 110 Å². The summed E-state index contributed by atoms with van der Waals surface area (Å²) < 4.78 is 9.64. The lowest BCUT2D eigenvalue weighted by molar-refractivity contribution is 0.0600. The molecule has 1 heterocycles. The first-order valence-corrected chi connectivity index (χ1v) is 5.65. The van der Waals surface area contributed by atoms with Gasteiger partial charge in [0.05, 0.1) is 18.9 Å². The third-order valence-electron chi connectivity index (χ3n) is 2.65. The van der Waals surface area contributed by atoms with E-state index in [-0.39, 0.29) is 11.7 Å². The fraction of sp³-hybridized carbons (Fsp3) is 0.143. The Morgan fingerprint density at radius 2 is 2.05 bits per heavy atom. The number of carbonyl (C=O) groups is 2. The van der Waals surface area contributed by atoms with E-state index >= 15 is 0 Å². The molecule has 2 rings (SSSR count). The Bertz CT molecular complexity index is 602. The van der Waals surface area contributed by atoms with E-state index in [1.165, 1.54) is 13.4 Å². The molecule has 0 spiro atoms. The molecule has 0 saturated carbocycles. The summed E-state index contributed by atoms with van der Waals surface area (Å²) in [5.41, 5.74) is 1.76. The van der Waals surface area contributed by atoms with Crippen LogP contribution in [0.2, 0.25) is 0 Å². The van der Waals surface area contributed by atoms with Gasteiger partial charge in [0.1, 0.15) is 0 Å². The lowest BCUT2D eigenvalue weighted by Crippen LogP contribution is -2.12. The number of esters is 1. The highest BCUT2D eigenvalue weighted by atomic mass is 16.5. The second-order valence-corrected chi connectivity index (χ2v) is 3.95. The van der Waals surface area contributed by atoms with Gasteiger partial charge in [0.15, 0.2) is 5.76 Å². The van der Waals surface area contributed by atoms with Gasteiger partial charge in [0.25, 0.3) is 5.91 Å². The predicted molar refractivity (Wildman–Crippen MR) is 69.2 cm³/mol. The molecule has 2 aromatic rings. The van der Waals surface area contributed by atoms with Gasteiger partial charge in [-0.05, 0) is 36.8 Å². The highest BCUT2D eigenvalue weighted by Gasteiger charge is 2.12. The van der Waals surface area contributed by atoms with Gasteiger partial charge in [-0.25, -0.2) is 4.79 Å². The summed E-state index contributed by atoms with van der Waals surface area (Å²) in [5.74, 6) is -0.605. The minimum atomic E-state index is -0.450. The van der Waals surface area contributed by atoms with Crippen molar-refractivity contribution in [2.45, 2.75) is 6.92 Å². The molecule has 1 aromatic heterocycles. The number of amides is 1. The number of hydrogen-bond acceptors (Lipinski definition) is 4. The lowest BCUT2D eigenvalue weighted by atomic mass is 10.1. The Hall–Kier alpha value is -2.56. The predicted octanol–water partition coefficient (Wildman–Crippen LogP) is 2.63. The van der Waals surface area contributed by atoms with Gasteiger partial charge < -0.3 is 14.5 Å². The zero-order chi connectivity index (χ0) is 13.8. The SMILES string of the molecule is COC(=O)c1ccc(C)c(NC(=O)c2ccco2)c1. The van der Waals surface area contributed by atoms with Crippen molar-refractivity contribution in [1.82, 2.24) is 0 Å². The van der Waals surface area contributed by atoms with Crippen LogP contribution in [-0.4, -0.2) is 19.0 Å². The molecule has 0 aliphatic rings. The molecule has 0 aliphatic carbocycles. The van der Waals surface area contributed by atoms with Gasteiger partial charge in [-0.1, -0.05) is 6.07 Å². The molecule has 98 valence electrons. The first-order valence-electron chi connectivity index (χ1n) is 5.65. The van der Waals surface area contributed by atoms with Crippen LogP contribution in [0.15, 0.2) is 41.0 Å². The van der Waals surface area contributed by atoms with Crippen molar-refractivity contribution in [1.29, 1.82) is 0 Å². The van der Waals surface area contributed by atoms with Crippen molar-refractivity contribution in [2.24, 2.45) is 0 Å². The van der Waals surface area contributed by atoms with Crippen LogP contribution in [0.4, 0.5) is 5.69 Å². The van der Waals surface area contributed by atoms with E-state index in [1.54, 1.807) is 30.3 Å². The van der Waals surface area contributed by atoms with Crippen LogP contribution in [0.25, 0.3) is 0 Å². The molecular weight excluding hydrogens is 246 g/mol. The maximum Gasteiger partial charge on any atom is 0.337 e. The molecule has 0 radical (unpaired) electrons. The second-order valence-electron chi connectivity index (χ2n) is 3.95. The topological polar surface area (TPSA) is 68.5 Å². The molecule has 1 aromatic carbocycles. The summed E-state index contributed by atoms with van der Waals surface area (Å²) in [6.45, 7) is 1.83. The van der Waals surface area contributed by atoms with E-state index < -0.39 is 5.97 Å². The van der Waals surface area contributed by atoms with Gasteiger partial charge in [0, 0.05) is 5.69 Å². The number of anilines is 1. The van der Waals surface area contributed by atoms with Crippen LogP contribution in [0.3, 0.4) is 0 Å². The van der Waals surface area contributed by atoms with Crippen LogP contribution >= 0.6 is 0 Å². The van der Waals surface area contributed by atoms with Gasteiger partial charge in [-0.15, -0.1) is 0 Å². The number of methoxy groups -OCH3 is 1. The van der Waals surface area contributed by atoms with Gasteiger partial charge in [0.2, 0.25) is 0 Å². The zero-order valence-corrected chi connectivity index (χ0v) is 10.6. The molecule has 0 fully saturated rings. The van der Waals surface area contributed by atoms with Crippen molar-refractivity contribution >= 4 is 17.6 Å². The third kappa shape index (κ3) is 2.82. The van der Waals surface area contributed by atoms with Gasteiger partial charge >= 0.3 is 5.97 Å². The average Bonchev–Trinajstić information content (AvgIpc) is 2.94. The average molecular weight is 259 g/mol. The first-order chi connectivity index (χ1) is 9.11. The normalized spacial score (nSPS) is 10.0. The molecule has 19 heavy (non-hydrogen) atoms. The monoisotopic (exact) mass is 259 g/mol. The number of ether oxygens (including phenoxy) is 1. The molecule has 0 bridgehead atoms. The first kappa shape index (κ1) is 12.9. The number of furan rings is 1. The summed E-state index contributed by atoms with van der Waals surface area (Å²) in [6.07, 6.45) is 1.42. The maximum absolute atomic E-state index is 11.9. The summed E-state index contributed by atoms with van der Waals surface area (Å²) in [5, 5.41) is 2.69. The van der Waals surface area contributed by atoms with Crippen molar-refractivity contribution in [3.63, 3.8) is 0 Å². The van der Waals surface area contributed by atoms with Gasteiger partial charge in [-0.3, -0.25) is 4.79 Å². The second kappa shape index (κ2) is 5.39. The molecule has 0 saturated heterocycles. The summed E-state index contributed by atoms with van der Waals surface area (Å²) >= 11 is 0. The number of hydrogen-bond donors (Lipinski definition) is 1. The number of benzene rings is 1. The van der Waals surface area contributed by atoms with E-state index in [9.17, 15) is 9.59 Å². The minimum Gasteiger partial charge on any atom is -0.465 e. The smallest absolute Gasteiger partial charge is 0.337 e. The highest BCUT2D eigenvalue weighted by molar-refractivity contribution is 6.03. The lowest BCUT2D eigenvalue weighted by Gasteiger charge is -2.08. The molecule has 0 unspecified atom stereocenters. The summed E-state index contributed by atoms with van der Waals surface area (Å²) in [4.78, 5) is 23.3. The molecule has 1 amide bonds. The van der Waals surface area contributed by atoms with Crippen molar-refractivity contribution in [2.75, 3.05) is 12.4 Å².